The lowest BCUT2D eigenvalue weighted by molar-refractivity contribution is 0.530. The summed E-state index contributed by atoms with van der Waals surface area (Å²) in [5.74, 6) is 0. The van der Waals surface area contributed by atoms with Gasteiger partial charge in [0.1, 0.15) is 0 Å². The lowest BCUT2D eigenvalue weighted by atomic mass is 10.1. The highest BCUT2D eigenvalue weighted by atomic mass is 79.9. The summed E-state index contributed by atoms with van der Waals surface area (Å²) in [7, 11) is 0. The van der Waals surface area contributed by atoms with Crippen LogP contribution in [0.15, 0.2) is 41.1 Å². The first kappa shape index (κ1) is 14.3. The van der Waals surface area contributed by atoms with Crippen molar-refractivity contribution < 1.29 is 0 Å². The van der Waals surface area contributed by atoms with Crippen molar-refractivity contribution in [2.45, 2.75) is 39.4 Å². The third kappa shape index (κ3) is 3.91. The van der Waals surface area contributed by atoms with Crippen molar-refractivity contribution in [1.82, 2.24) is 15.1 Å². The summed E-state index contributed by atoms with van der Waals surface area (Å²) >= 11 is 3.50. The maximum absolute atomic E-state index is 4.35. The Hall–Kier alpha value is -1.13. The molecule has 0 aliphatic heterocycles. The first-order chi connectivity index (χ1) is 9.06. The van der Waals surface area contributed by atoms with Gasteiger partial charge < -0.3 is 5.32 Å². The van der Waals surface area contributed by atoms with E-state index in [1.54, 1.807) is 0 Å². The lowest BCUT2D eigenvalue weighted by Gasteiger charge is -2.13. The number of aromatic nitrogens is 2. The normalized spacial score (nSPS) is 12.9. The van der Waals surface area contributed by atoms with Crippen LogP contribution in [-0.4, -0.2) is 9.78 Å². The molecule has 0 saturated carbocycles. The van der Waals surface area contributed by atoms with Gasteiger partial charge in [-0.25, -0.2) is 0 Å². The van der Waals surface area contributed by atoms with E-state index in [1.807, 2.05) is 16.9 Å². The third-order valence-electron chi connectivity index (χ3n) is 3.15. The van der Waals surface area contributed by atoms with Crippen LogP contribution in [0.1, 0.15) is 44.0 Å². The Morgan fingerprint density at radius 2 is 2.11 bits per heavy atom. The molecule has 1 aromatic heterocycles. The van der Waals surface area contributed by atoms with Crippen molar-refractivity contribution >= 4 is 15.9 Å². The Bertz CT molecular complexity index is 534. The van der Waals surface area contributed by atoms with E-state index in [1.165, 1.54) is 11.1 Å². The van der Waals surface area contributed by atoms with Gasteiger partial charge in [-0.15, -0.1) is 0 Å². The summed E-state index contributed by atoms with van der Waals surface area (Å²) in [6, 6.07) is 9.13. The maximum atomic E-state index is 4.35. The first-order valence-corrected chi connectivity index (χ1v) is 7.37. The van der Waals surface area contributed by atoms with E-state index in [-0.39, 0.29) is 0 Å². The molecular weight excluding hydrogens is 302 g/mol. The van der Waals surface area contributed by atoms with E-state index >= 15 is 0 Å². The highest BCUT2D eigenvalue weighted by Gasteiger charge is 2.07. The second-order valence-electron chi connectivity index (χ2n) is 5.08. The van der Waals surface area contributed by atoms with Crippen LogP contribution in [0, 0.1) is 0 Å². The van der Waals surface area contributed by atoms with E-state index in [9.17, 15) is 0 Å². The molecule has 2 rings (SSSR count). The van der Waals surface area contributed by atoms with Gasteiger partial charge in [-0.1, -0.05) is 28.1 Å². The standard InChI is InChI=1S/C15H20BrN3/c1-11(2)19-10-13(9-18-19)8-17-12(3)14-5-4-6-15(16)7-14/h4-7,9-12,17H,8H2,1-3H3/t12-/m0/s1. The SMILES string of the molecule is CC(C)n1cc(CN[C@@H](C)c2cccc(Br)c2)cn1. The summed E-state index contributed by atoms with van der Waals surface area (Å²) in [6.07, 6.45) is 4.03. The molecule has 0 amide bonds. The number of benzene rings is 1. The summed E-state index contributed by atoms with van der Waals surface area (Å²) in [4.78, 5) is 0. The number of nitrogens with one attached hydrogen (secondary N) is 1. The van der Waals surface area contributed by atoms with Gasteiger partial charge in [0.05, 0.1) is 6.20 Å². The van der Waals surface area contributed by atoms with Crippen molar-refractivity contribution in [3.63, 3.8) is 0 Å². The number of hydrogen-bond acceptors (Lipinski definition) is 2. The molecule has 19 heavy (non-hydrogen) atoms. The third-order valence-corrected chi connectivity index (χ3v) is 3.64. The predicted molar refractivity (Wildman–Crippen MR) is 82.0 cm³/mol. The molecule has 0 saturated heterocycles. The fraction of sp³-hybridized carbons (Fsp3) is 0.400. The molecule has 0 aliphatic rings. The van der Waals surface area contributed by atoms with E-state index in [4.69, 9.17) is 0 Å². The van der Waals surface area contributed by atoms with E-state index in [0.29, 0.717) is 12.1 Å². The van der Waals surface area contributed by atoms with Gasteiger partial charge in [-0.05, 0) is 38.5 Å². The van der Waals surface area contributed by atoms with Gasteiger partial charge in [0.25, 0.3) is 0 Å². The average Bonchev–Trinajstić information content (AvgIpc) is 2.85. The molecule has 0 radical (unpaired) electrons. The summed E-state index contributed by atoms with van der Waals surface area (Å²) in [5.41, 5.74) is 2.50. The molecule has 1 atom stereocenters. The second-order valence-corrected chi connectivity index (χ2v) is 6.00. The maximum Gasteiger partial charge on any atom is 0.0534 e. The van der Waals surface area contributed by atoms with Crippen LogP contribution in [0.4, 0.5) is 0 Å². The van der Waals surface area contributed by atoms with Gasteiger partial charge in [-0.3, -0.25) is 4.68 Å². The molecule has 3 nitrogen and oxygen atoms in total. The van der Waals surface area contributed by atoms with Crippen LogP contribution in [0.25, 0.3) is 0 Å². The van der Waals surface area contributed by atoms with E-state index in [2.05, 4.69) is 71.5 Å². The number of hydrogen-bond donors (Lipinski definition) is 1. The Morgan fingerprint density at radius 3 is 2.74 bits per heavy atom. The largest absolute Gasteiger partial charge is 0.306 e. The fourth-order valence-corrected chi connectivity index (χ4v) is 2.33. The second kappa shape index (κ2) is 6.35. The Kier molecular flexibility index (Phi) is 4.77. The van der Waals surface area contributed by atoms with Crippen LogP contribution >= 0.6 is 15.9 Å². The minimum atomic E-state index is 0.319. The van der Waals surface area contributed by atoms with Crippen molar-refractivity contribution in [3.8, 4) is 0 Å². The quantitative estimate of drug-likeness (QED) is 0.899. The van der Waals surface area contributed by atoms with Crippen molar-refractivity contribution in [3.05, 3.63) is 52.3 Å². The predicted octanol–water partition coefficient (Wildman–Crippen LogP) is 4.08. The molecule has 4 heteroatoms. The first-order valence-electron chi connectivity index (χ1n) is 6.58. The molecule has 0 aliphatic carbocycles. The summed E-state index contributed by atoms with van der Waals surface area (Å²) in [5, 5.41) is 7.87. The Morgan fingerprint density at radius 1 is 1.32 bits per heavy atom. The zero-order valence-electron chi connectivity index (χ0n) is 11.6. The van der Waals surface area contributed by atoms with Gasteiger partial charge in [0.2, 0.25) is 0 Å². The Balaban J connectivity index is 1.94. The molecular formula is C15H20BrN3. The van der Waals surface area contributed by atoms with Crippen LogP contribution in [0.2, 0.25) is 0 Å². The molecule has 102 valence electrons. The van der Waals surface area contributed by atoms with Crippen molar-refractivity contribution in [1.29, 1.82) is 0 Å². The van der Waals surface area contributed by atoms with Crippen LogP contribution in [0.3, 0.4) is 0 Å². The molecule has 0 bridgehead atoms. The minimum Gasteiger partial charge on any atom is -0.306 e. The minimum absolute atomic E-state index is 0.319. The molecule has 1 heterocycles. The molecule has 0 fully saturated rings. The monoisotopic (exact) mass is 321 g/mol. The van der Waals surface area contributed by atoms with Crippen LogP contribution < -0.4 is 5.32 Å². The number of rotatable bonds is 5. The highest BCUT2D eigenvalue weighted by molar-refractivity contribution is 9.10. The van der Waals surface area contributed by atoms with E-state index < -0.39 is 0 Å². The Labute approximate surface area is 123 Å². The number of nitrogens with zero attached hydrogens (tertiary/aromatic N) is 2. The van der Waals surface area contributed by atoms with Gasteiger partial charge >= 0.3 is 0 Å². The van der Waals surface area contributed by atoms with Crippen LogP contribution in [0.5, 0.6) is 0 Å². The molecule has 0 spiro atoms. The molecule has 1 aromatic carbocycles. The van der Waals surface area contributed by atoms with Crippen molar-refractivity contribution in [2.75, 3.05) is 0 Å². The smallest absolute Gasteiger partial charge is 0.0534 e. The molecule has 1 N–H and O–H groups in total. The topological polar surface area (TPSA) is 29.9 Å². The lowest BCUT2D eigenvalue weighted by Crippen LogP contribution is -2.17. The van der Waals surface area contributed by atoms with Crippen LogP contribution in [-0.2, 0) is 6.54 Å². The number of halogens is 1. The molecule has 2 aromatic rings. The molecule has 0 unspecified atom stereocenters. The fourth-order valence-electron chi connectivity index (χ4n) is 1.92. The zero-order valence-corrected chi connectivity index (χ0v) is 13.2. The highest BCUT2D eigenvalue weighted by Crippen LogP contribution is 2.18. The summed E-state index contributed by atoms with van der Waals surface area (Å²) < 4.78 is 3.10. The van der Waals surface area contributed by atoms with Crippen molar-refractivity contribution in [2.24, 2.45) is 0 Å². The zero-order chi connectivity index (χ0) is 13.8. The van der Waals surface area contributed by atoms with Gasteiger partial charge in [-0.2, -0.15) is 5.10 Å². The average molecular weight is 322 g/mol. The summed E-state index contributed by atoms with van der Waals surface area (Å²) in [6.45, 7) is 7.28. The van der Waals surface area contributed by atoms with E-state index in [0.717, 1.165) is 11.0 Å². The van der Waals surface area contributed by atoms with Gasteiger partial charge in [0, 0.05) is 34.9 Å². The van der Waals surface area contributed by atoms with Gasteiger partial charge in [0.15, 0.2) is 0 Å².